The first-order chi connectivity index (χ1) is 9.22. The zero-order valence-corrected chi connectivity index (χ0v) is 11.6. The molecule has 1 heterocycles. The summed E-state index contributed by atoms with van der Waals surface area (Å²) in [7, 11) is 0. The molecule has 0 aliphatic heterocycles. The van der Waals surface area contributed by atoms with Crippen molar-refractivity contribution in [2.45, 2.75) is 32.7 Å². The lowest BCUT2D eigenvalue weighted by Crippen LogP contribution is -2.13. The molecule has 98 valence electrons. The lowest BCUT2D eigenvalue weighted by molar-refractivity contribution is 0.678. The van der Waals surface area contributed by atoms with Gasteiger partial charge in [0.25, 0.3) is 0 Å². The van der Waals surface area contributed by atoms with Crippen molar-refractivity contribution in [2.75, 3.05) is 5.32 Å². The number of benzene rings is 1. The van der Waals surface area contributed by atoms with E-state index >= 15 is 0 Å². The molecule has 1 aromatic carbocycles. The molecule has 0 radical (unpaired) electrons. The summed E-state index contributed by atoms with van der Waals surface area (Å²) in [5, 5.41) is 3.66. The Labute approximate surface area is 114 Å². The fourth-order valence-corrected chi connectivity index (χ4v) is 2.49. The van der Waals surface area contributed by atoms with E-state index in [4.69, 9.17) is 0 Å². The number of hydrogen-bond acceptors (Lipinski definition) is 2. The normalized spacial score (nSPS) is 16.1. The van der Waals surface area contributed by atoms with Crippen molar-refractivity contribution >= 4 is 5.69 Å². The second-order valence-corrected chi connectivity index (χ2v) is 5.62. The Bertz CT molecular complexity index is 556. The highest BCUT2D eigenvalue weighted by Gasteiger charge is 2.32. The lowest BCUT2D eigenvalue weighted by atomic mass is 10.0. The number of nitrogens with one attached hydrogen (secondary N) is 1. The summed E-state index contributed by atoms with van der Waals surface area (Å²) in [6.45, 7) is 4.21. The van der Waals surface area contributed by atoms with Gasteiger partial charge < -0.3 is 5.32 Å². The van der Waals surface area contributed by atoms with E-state index in [0.29, 0.717) is 6.04 Å². The summed E-state index contributed by atoms with van der Waals surface area (Å²) in [5.41, 5.74) is 5.02. The molecule has 1 aliphatic rings. The molecule has 2 nitrogen and oxygen atoms in total. The molecule has 1 atom stereocenters. The summed E-state index contributed by atoms with van der Waals surface area (Å²) in [6, 6.07) is 11.5. The Morgan fingerprint density at radius 3 is 2.42 bits per heavy atom. The summed E-state index contributed by atoms with van der Waals surface area (Å²) >= 11 is 0. The standard InChI is InChI=1S/C17H20N2/c1-12-3-5-14(6-4-12)17(15-7-8-15)19-16-9-13(2)10-18-11-16/h3-6,9-11,15,17,19H,7-8H2,1-2H3. The first kappa shape index (κ1) is 12.2. The van der Waals surface area contributed by atoms with Crippen LogP contribution in [0.2, 0.25) is 0 Å². The molecule has 1 fully saturated rings. The fraction of sp³-hybridized carbons (Fsp3) is 0.353. The molecule has 1 aliphatic carbocycles. The molecule has 19 heavy (non-hydrogen) atoms. The second-order valence-electron chi connectivity index (χ2n) is 5.62. The van der Waals surface area contributed by atoms with Gasteiger partial charge in [-0.3, -0.25) is 4.98 Å². The largest absolute Gasteiger partial charge is 0.377 e. The van der Waals surface area contributed by atoms with Crippen LogP contribution in [0.4, 0.5) is 5.69 Å². The minimum absolute atomic E-state index is 0.421. The Kier molecular flexibility index (Phi) is 3.24. The molecule has 1 unspecified atom stereocenters. The first-order valence-electron chi connectivity index (χ1n) is 6.97. The van der Waals surface area contributed by atoms with Gasteiger partial charge in [-0.2, -0.15) is 0 Å². The third-order valence-electron chi connectivity index (χ3n) is 3.73. The lowest BCUT2D eigenvalue weighted by Gasteiger charge is -2.20. The molecular formula is C17H20N2. The number of rotatable bonds is 4. The van der Waals surface area contributed by atoms with Crippen molar-refractivity contribution in [3.63, 3.8) is 0 Å². The van der Waals surface area contributed by atoms with Crippen LogP contribution in [0.5, 0.6) is 0 Å². The average molecular weight is 252 g/mol. The van der Waals surface area contributed by atoms with Crippen molar-refractivity contribution < 1.29 is 0 Å². The molecule has 3 rings (SSSR count). The van der Waals surface area contributed by atoms with Crippen LogP contribution < -0.4 is 5.32 Å². The van der Waals surface area contributed by atoms with Crippen molar-refractivity contribution in [2.24, 2.45) is 5.92 Å². The van der Waals surface area contributed by atoms with Gasteiger partial charge in [-0.15, -0.1) is 0 Å². The van der Waals surface area contributed by atoms with Gasteiger partial charge in [0.1, 0.15) is 0 Å². The zero-order chi connectivity index (χ0) is 13.2. The maximum absolute atomic E-state index is 4.26. The number of anilines is 1. The van der Waals surface area contributed by atoms with Crippen LogP contribution in [0.25, 0.3) is 0 Å². The minimum Gasteiger partial charge on any atom is -0.377 e. The summed E-state index contributed by atoms with van der Waals surface area (Å²) < 4.78 is 0. The minimum atomic E-state index is 0.421. The van der Waals surface area contributed by atoms with Crippen molar-refractivity contribution in [3.8, 4) is 0 Å². The Balaban J connectivity index is 1.83. The summed E-state index contributed by atoms with van der Waals surface area (Å²) in [6.07, 6.45) is 6.45. The van der Waals surface area contributed by atoms with Crippen molar-refractivity contribution in [3.05, 3.63) is 59.4 Å². The maximum Gasteiger partial charge on any atom is 0.0542 e. The SMILES string of the molecule is Cc1ccc(C(Nc2cncc(C)c2)C2CC2)cc1. The Morgan fingerprint density at radius 2 is 1.79 bits per heavy atom. The van der Waals surface area contributed by atoms with E-state index < -0.39 is 0 Å². The van der Waals surface area contributed by atoms with Gasteiger partial charge in [0, 0.05) is 12.4 Å². The molecule has 1 aromatic heterocycles. The summed E-state index contributed by atoms with van der Waals surface area (Å²) in [5.74, 6) is 0.767. The van der Waals surface area contributed by atoms with Crippen LogP contribution in [0.15, 0.2) is 42.7 Å². The third-order valence-corrected chi connectivity index (χ3v) is 3.73. The van der Waals surface area contributed by atoms with E-state index in [2.05, 4.69) is 54.5 Å². The van der Waals surface area contributed by atoms with E-state index in [1.807, 2.05) is 12.4 Å². The molecule has 0 spiro atoms. The van der Waals surface area contributed by atoms with E-state index in [0.717, 1.165) is 11.6 Å². The molecule has 0 bridgehead atoms. The molecule has 0 amide bonds. The van der Waals surface area contributed by atoms with Crippen LogP contribution >= 0.6 is 0 Å². The predicted molar refractivity (Wildman–Crippen MR) is 79.2 cm³/mol. The number of aryl methyl sites for hydroxylation is 2. The van der Waals surface area contributed by atoms with Crippen LogP contribution in [0.1, 0.15) is 35.6 Å². The van der Waals surface area contributed by atoms with Gasteiger partial charge in [0.15, 0.2) is 0 Å². The third kappa shape index (κ3) is 2.95. The smallest absolute Gasteiger partial charge is 0.0542 e. The number of hydrogen-bond donors (Lipinski definition) is 1. The quantitative estimate of drug-likeness (QED) is 0.879. The van der Waals surface area contributed by atoms with E-state index in [9.17, 15) is 0 Å². The Hall–Kier alpha value is -1.83. The van der Waals surface area contributed by atoms with Gasteiger partial charge in [-0.05, 0) is 49.8 Å². The molecule has 1 N–H and O–H groups in total. The summed E-state index contributed by atoms with van der Waals surface area (Å²) in [4.78, 5) is 4.26. The first-order valence-corrected chi connectivity index (χ1v) is 6.97. The Morgan fingerprint density at radius 1 is 1.05 bits per heavy atom. The van der Waals surface area contributed by atoms with Gasteiger partial charge in [-0.25, -0.2) is 0 Å². The molecule has 0 saturated heterocycles. The second kappa shape index (κ2) is 5.04. The van der Waals surface area contributed by atoms with Gasteiger partial charge in [-0.1, -0.05) is 29.8 Å². The number of aromatic nitrogens is 1. The average Bonchev–Trinajstić information content (AvgIpc) is 3.22. The van der Waals surface area contributed by atoms with Crippen LogP contribution in [-0.4, -0.2) is 4.98 Å². The van der Waals surface area contributed by atoms with Gasteiger partial charge in [0.05, 0.1) is 11.7 Å². The highest BCUT2D eigenvalue weighted by atomic mass is 14.9. The van der Waals surface area contributed by atoms with Crippen LogP contribution in [-0.2, 0) is 0 Å². The molecule has 2 aromatic rings. The molecule has 1 saturated carbocycles. The van der Waals surface area contributed by atoms with E-state index in [1.165, 1.54) is 29.5 Å². The zero-order valence-electron chi connectivity index (χ0n) is 11.6. The number of pyridine rings is 1. The number of nitrogens with zero attached hydrogens (tertiary/aromatic N) is 1. The van der Waals surface area contributed by atoms with Gasteiger partial charge >= 0.3 is 0 Å². The van der Waals surface area contributed by atoms with Crippen LogP contribution in [0.3, 0.4) is 0 Å². The fourth-order valence-electron chi connectivity index (χ4n) is 2.49. The van der Waals surface area contributed by atoms with Crippen molar-refractivity contribution in [1.82, 2.24) is 4.98 Å². The highest BCUT2D eigenvalue weighted by Crippen LogP contribution is 2.42. The van der Waals surface area contributed by atoms with Gasteiger partial charge in [0.2, 0.25) is 0 Å². The molecular weight excluding hydrogens is 232 g/mol. The predicted octanol–water partition coefficient (Wildman–Crippen LogP) is 4.26. The van der Waals surface area contributed by atoms with E-state index in [1.54, 1.807) is 0 Å². The monoisotopic (exact) mass is 252 g/mol. The maximum atomic E-state index is 4.26. The topological polar surface area (TPSA) is 24.9 Å². The van der Waals surface area contributed by atoms with Crippen molar-refractivity contribution in [1.29, 1.82) is 0 Å². The van der Waals surface area contributed by atoms with Crippen LogP contribution in [0, 0.1) is 19.8 Å². The highest BCUT2D eigenvalue weighted by molar-refractivity contribution is 5.46. The van der Waals surface area contributed by atoms with E-state index in [-0.39, 0.29) is 0 Å². The molecule has 2 heteroatoms.